The van der Waals surface area contributed by atoms with Crippen molar-refractivity contribution in [2.24, 2.45) is 23.5 Å². The first kappa shape index (κ1) is 44.2. The summed E-state index contributed by atoms with van der Waals surface area (Å²) in [6.45, 7) is 11.4. The van der Waals surface area contributed by atoms with Gasteiger partial charge in [0.05, 0.1) is 22.5 Å². The third-order valence-electron chi connectivity index (χ3n) is 9.30. The molecule has 0 aromatic heterocycles. The van der Waals surface area contributed by atoms with Gasteiger partial charge in [0.2, 0.25) is 18.2 Å². The van der Waals surface area contributed by atoms with Gasteiger partial charge in [0, 0.05) is 18.9 Å². The highest BCUT2D eigenvalue weighted by molar-refractivity contribution is 7.85. The quantitative estimate of drug-likeness (QED) is 0.208. The van der Waals surface area contributed by atoms with Crippen molar-refractivity contribution >= 4 is 47.1 Å². The minimum absolute atomic E-state index is 0.0154. The van der Waals surface area contributed by atoms with Crippen molar-refractivity contribution in [2.75, 3.05) is 11.9 Å². The molecular weight excluding hydrogens is 731 g/mol. The molecule has 302 valence electrons. The Balaban J connectivity index is 0.000000379. The zero-order valence-corrected chi connectivity index (χ0v) is 32.5. The molecule has 5 rings (SSSR count). The maximum Gasteiger partial charge on any atom is 0.418 e. The zero-order chi connectivity index (χ0) is 40.4. The van der Waals surface area contributed by atoms with E-state index in [0.29, 0.717) is 12.3 Å². The Bertz CT molecular complexity index is 1550. The number of para-hydroxylation sites is 1. The lowest BCUT2D eigenvalue weighted by molar-refractivity contribution is -0.139. The molecule has 3 fully saturated rings. The molecular formula is C37H54F3N5O8S. The summed E-state index contributed by atoms with van der Waals surface area (Å²) in [5.74, 6) is 0.380. The van der Waals surface area contributed by atoms with Gasteiger partial charge in [-0.2, -0.15) is 13.2 Å². The van der Waals surface area contributed by atoms with Gasteiger partial charge in [-0.15, -0.1) is 0 Å². The second kappa shape index (κ2) is 18.9. The molecule has 1 saturated heterocycles. The molecule has 54 heavy (non-hydrogen) atoms. The molecule has 2 heterocycles. The van der Waals surface area contributed by atoms with Crippen molar-refractivity contribution in [1.82, 2.24) is 14.9 Å². The van der Waals surface area contributed by atoms with Gasteiger partial charge in [-0.1, -0.05) is 38.1 Å². The summed E-state index contributed by atoms with van der Waals surface area (Å²) < 4.78 is 62.8. The monoisotopic (exact) mass is 785 g/mol. The number of hydrogen-bond acceptors (Lipinski definition) is 8. The van der Waals surface area contributed by atoms with E-state index < -0.39 is 58.3 Å². The number of alkyl halides is 3. The first-order chi connectivity index (χ1) is 25.1. The van der Waals surface area contributed by atoms with Crippen LogP contribution in [-0.4, -0.2) is 74.6 Å². The Morgan fingerprint density at radius 1 is 1.07 bits per heavy atom. The summed E-state index contributed by atoms with van der Waals surface area (Å²) >= 11 is 0. The number of rotatable bonds is 5. The number of hydrogen-bond donors (Lipinski definition) is 4. The third kappa shape index (κ3) is 14.6. The zero-order valence-electron chi connectivity index (χ0n) is 31.7. The van der Waals surface area contributed by atoms with Crippen LogP contribution in [0.3, 0.4) is 0 Å². The van der Waals surface area contributed by atoms with E-state index in [9.17, 15) is 41.4 Å². The molecule has 0 radical (unpaired) electrons. The molecule has 4 aliphatic rings. The van der Waals surface area contributed by atoms with Gasteiger partial charge >= 0.3 is 18.4 Å². The van der Waals surface area contributed by atoms with Gasteiger partial charge in [-0.05, 0) is 96.1 Å². The number of amides is 5. The van der Waals surface area contributed by atoms with E-state index in [1.807, 2.05) is 13.8 Å². The number of carbonyl (C=O) groups is 5. The van der Waals surface area contributed by atoms with Crippen LogP contribution in [0.1, 0.15) is 98.5 Å². The van der Waals surface area contributed by atoms with Gasteiger partial charge in [0.1, 0.15) is 28.7 Å². The molecule has 1 aromatic rings. The SMILES string of the molecule is CC(C)(C)OC(N)=O.CC1(S(=O)NC=O)CC1.CC1CC/C=C\[C@@H]2CC2NC(=O)C2C[C@@H](OC(=O)Nc3ccccc3C(F)(F)F)CN2C(=O)CC(C)C1. The van der Waals surface area contributed by atoms with Crippen molar-refractivity contribution < 1.29 is 50.8 Å². The highest BCUT2D eigenvalue weighted by Gasteiger charge is 2.45. The first-order valence-electron chi connectivity index (χ1n) is 18.1. The number of carbonyl (C=O) groups excluding carboxylic acids is 5. The Morgan fingerprint density at radius 2 is 1.74 bits per heavy atom. The fourth-order valence-corrected chi connectivity index (χ4v) is 7.06. The van der Waals surface area contributed by atoms with Crippen LogP contribution in [0.2, 0.25) is 0 Å². The lowest BCUT2D eigenvalue weighted by atomic mass is 9.91. The highest BCUT2D eigenvalue weighted by atomic mass is 32.2. The van der Waals surface area contributed by atoms with E-state index in [2.05, 4.69) is 39.2 Å². The molecule has 2 saturated carbocycles. The van der Waals surface area contributed by atoms with Crippen LogP contribution in [0.25, 0.3) is 0 Å². The van der Waals surface area contributed by atoms with Crippen LogP contribution < -0.4 is 21.1 Å². The maximum atomic E-state index is 13.3. The summed E-state index contributed by atoms with van der Waals surface area (Å²) in [5.41, 5.74) is 2.86. The smallest absolute Gasteiger partial charge is 0.418 e. The van der Waals surface area contributed by atoms with E-state index in [1.165, 1.54) is 17.0 Å². The fraction of sp³-hybridized carbons (Fsp3) is 0.649. The van der Waals surface area contributed by atoms with Crippen LogP contribution in [0, 0.1) is 17.8 Å². The molecule has 5 N–H and O–H groups in total. The summed E-state index contributed by atoms with van der Waals surface area (Å²) in [6, 6.07) is 3.84. The average Bonchev–Trinajstić information content (AvgIpc) is 3.94. The van der Waals surface area contributed by atoms with Crippen LogP contribution in [-0.2, 0) is 41.0 Å². The van der Waals surface area contributed by atoms with E-state index in [0.717, 1.165) is 50.7 Å². The Morgan fingerprint density at radius 3 is 2.31 bits per heavy atom. The molecule has 5 amide bonds. The van der Waals surface area contributed by atoms with Crippen LogP contribution in [0.15, 0.2) is 36.4 Å². The number of allylic oxidation sites excluding steroid dienone is 1. The largest absolute Gasteiger partial charge is 0.444 e. The van der Waals surface area contributed by atoms with Gasteiger partial charge in [0.15, 0.2) is 0 Å². The minimum atomic E-state index is -4.64. The minimum Gasteiger partial charge on any atom is -0.444 e. The van der Waals surface area contributed by atoms with Crippen LogP contribution >= 0.6 is 0 Å². The number of ether oxygens (including phenoxy) is 2. The van der Waals surface area contributed by atoms with Crippen molar-refractivity contribution in [2.45, 2.75) is 128 Å². The summed E-state index contributed by atoms with van der Waals surface area (Å²) in [7, 11) is -1.14. The van der Waals surface area contributed by atoms with Crippen molar-refractivity contribution in [3.8, 4) is 0 Å². The second-order valence-corrected chi connectivity index (χ2v) is 17.4. The molecule has 5 unspecified atom stereocenters. The molecule has 2 aliphatic carbocycles. The number of benzene rings is 1. The van der Waals surface area contributed by atoms with E-state index in [4.69, 9.17) is 10.5 Å². The number of anilines is 1. The third-order valence-corrected chi connectivity index (χ3v) is 10.9. The number of fused-ring (bicyclic) bond motifs is 2. The number of nitrogens with two attached hydrogens (primary N) is 1. The lowest BCUT2D eigenvalue weighted by Crippen LogP contribution is -2.47. The Labute approximate surface area is 317 Å². The van der Waals surface area contributed by atoms with Crippen LogP contribution in [0.5, 0.6) is 0 Å². The average molecular weight is 786 g/mol. The van der Waals surface area contributed by atoms with E-state index in [1.54, 1.807) is 20.8 Å². The predicted octanol–water partition coefficient (Wildman–Crippen LogP) is 5.96. The maximum absolute atomic E-state index is 13.3. The molecule has 0 bridgehead atoms. The van der Waals surface area contributed by atoms with Crippen molar-refractivity contribution in [1.29, 1.82) is 0 Å². The van der Waals surface area contributed by atoms with Gasteiger partial charge in [-0.25, -0.2) is 13.8 Å². The molecule has 7 atom stereocenters. The summed E-state index contributed by atoms with van der Waals surface area (Å²) in [5, 5.41) is 5.17. The van der Waals surface area contributed by atoms with Crippen LogP contribution in [0.4, 0.5) is 28.4 Å². The summed E-state index contributed by atoms with van der Waals surface area (Å²) in [4.78, 5) is 60.1. The summed E-state index contributed by atoms with van der Waals surface area (Å²) in [6.07, 6.45) is 3.57. The second-order valence-electron chi connectivity index (χ2n) is 15.7. The number of primary amides is 1. The predicted molar refractivity (Wildman–Crippen MR) is 197 cm³/mol. The van der Waals surface area contributed by atoms with Gasteiger partial charge < -0.3 is 25.4 Å². The van der Waals surface area contributed by atoms with E-state index in [-0.39, 0.29) is 53.8 Å². The fourth-order valence-electron chi connectivity index (χ4n) is 6.21. The number of nitrogens with zero attached hydrogens (tertiary/aromatic N) is 1. The van der Waals surface area contributed by atoms with Crippen molar-refractivity contribution in [3.05, 3.63) is 42.0 Å². The molecule has 1 aromatic carbocycles. The number of halogens is 3. The Hall–Kier alpha value is -4.15. The highest BCUT2D eigenvalue weighted by Crippen LogP contribution is 2.40. The first-order valence-corrected chi connectivity index (χ1v) is 19.3. The van der Waals surface area contributed by atoms with E-state index >= 15 is 0 Å². The van der Waals surface area contributed by atoms with Gasteiger partial charge in [-0.3, -0.25) is 24.4 Å². The molecule has 17 heteroatoms. The molecule has 0 spiro atoms. The molecule has 13 nitrogen and oxygen atoms in total. The standard InChI is InChI=1S/C27H34F3N3O4.C5H9NO2S.C5H11NO2/c1-16-7-3-4-8-18-13-22(18)31-25(35)23-14-19(15-33(23)24(34)12-17(2)11-16)37-26(36)32-21-10-6-5-9-20(21)27(28,29)30;1-5(2-3-5)9(8)6-4-7;1-5(2,3)8-4(6)7/h4-6,8-10,16-19,22-23H,3,7,11-15H2,1-2H3,(H,31,35)(H,32,36);4H,2-3H2,1H3,(H,6,7);1-3H3,(H2,6,7)/b8-4-;;/t16?,17?,18-,19-,22?,23?;;/m1../s1. The molecule has 2 aliphatic heterocycles. The van der Waals surface area contributed by atoms with Gasteiger partial charge in [0.25, 0.3) is 0 Å². The Kier molecular flexibility index (Phi) is 15.5. The normalized spacial score (nSPS) is 27.5. The topological polar surface area (TPSA) is 186 Å². The van der Waals surface area contributed by atoms with Crippen molar-refractivity contribution in [3.63, 3.8) is 0 Å². The number of nitrogens with one attached hydrogen (secondary N) is 3. The lowest BCUT2D eigenvalue weighted by Gasteiger charge is -2.25.